The third-order valence-electron chi connectivity index (χ3n) is 4.73. The molecule has 1 amide bonds. The first-order valence-electron chi connectivity index (χ1n) is 10.1. The number of thioether (sulfide) groups is 1. The van der Waals surface area contributed by atoms with Crippen LogP contribution in [0.2, 0.25) is 0 Å². The summed E-state index contributed by atoms with van der Waals surface area (Å²) >= 11 is 1.07. The van der Waals surface area contributed by atoms with Crippen molar-refractivity contribution in [2.45, 2.75) is 24.9 Å². The van der Waals surface area contributed by atoms with Crippen molar-refractivity contribution in [1.82, 2.24) is 19.9 Å². The second-order valence-electron chi connectivity index (χ2n) is 7.11. The Bertz CT molecular complexity index is 1360. The smallest absolute Gasteiger partial charge is 0.406 e. The van der Waals surface area contributed by atoms with Gasteiger partial charge in [-0.2, -0.15) is 0 Å². The van der Waals surface area contributed by atoms with Gasteiger partial charge in [0.15, 0.2) is 5.16 Å². The van der Waals surface area contributed by atoms with Gasteiger partial charge in [-0.05, 0) is 36.8 Å². The second kappa shape index (κ2) is 9.18. The normalized spacial score (nSPS) is 11.8. The molecule has 172 valence electrons. The second-order valence-corrected chi connectivity index (χ2v) is 8.05. The number of halogens is 3. The van der Waals surface area contributed by atoms with E-state index in [4.69, 9.17) is 0 Å². The molecule has 0 aliphatic heterocycles. The van der Waals surface area contributed by atoms with Gasteiger partial charge in [0.05, 0.1) is 11.4 Å². The van der Waals surface area contributed by atoms with Crippen LogP contribution in [0.5, 0.6) is 5.75 Å². The Morgan fingerprint density at radius 2 is 1.91 bits per heavy atom. The Balaban J connectivity index is 1.80. The van der Waals surface area contributed by atoms with Gasteiger partial charge in [-0.1, -0.05) is 36.9 Å². The molecule has 0 saturated heterocycles. The average molecular weight is 476 g/mol. The lowest BCUT2D eigenvalue weighted by atomic mass is 10.2. The Hall–Kier alpha value is -3.47. The van der Waals surface area contributed by atoms with Crippen LogP contribution in [0.15, 0.2) is 58.5 Å². The Morgan fingerprint density at radius 1 is 1.18 bits per heavy atom. The van der Waals surface area contributed by atoms with Crippen LogP contribution in [-0.4, -0.2) is 39.1 Å². The van der Waals surface area contributed by atoms with Crippen molar-refractivity contribution < 1.29 is 22.7 Å². The summed E-state index contributed by atoms with van der Waals surface area (Å²) in [6.45, 7) is 2.46. The van der Waals surface area contributed by atoms with Crippen molar-refractivity contribution in [3.05, 3.63) is 58.9 Å². The highest BCUT2D eigenvalue weighted by Crippen LogP contribution is 2.28. The minimum Gasteiger partial charge on any atom is -0.406 e. The predicted octanol–water partition coefficient (Wildman–Crippen LogP) is 4.38. The van der Waals surface area contributed by atoms with E-state index in [1.165, 1.54) is 16.7 Å². The minimum atomic E-state index is -4.82. The third-order valence-corrected chi connectivity index (χ3v) is 5.67. The van der Waals surface area contributed by atoms with Gasteiger partial charge in [-0.25, -0.2) is 4.98 Å². The number of nitrogens with zero attached hydrogens (tertiary/aromatic N) is 2. The van der Waals surface area contributed by atoms with Crippen LogP contribution < -0.4 is 15.6 Å². The number of aromatic amines is 1. The van der Waals surface area contributed by atoms with E-state index >= 15 is 0 Å². The molecule has 2 heterocycles. The Labute approximate surface area is 190 Å². The molecule has 0 radical (unpaired) electrons. The van der Waals surface area contributed by atoms with E-state index in [2.05, 4.69) is 20.0 Å². The monoisotopic (exact) mass is 476 g/mol. The fourth-order valence-electron chi connectivity index (χ4n) is 3.31. The number of para-hydroxylation sites is 1. The van der Waals surface area contributed by atoms with E-state index in [1.54, 1.807) is 0 Å². The van der Waals surface area contributed by atoms with Crippen LogP contribution in [-0.2, 0) is 4.79 Å². The summed E-state index contributed by atoms with van der Waals surface area (Å²) in [4.78, 5) is 33.3. The molecule has 2 N–H and O–H groups in total. The third kappa shape index (κ3) is 4.98. The van der Waals surface area contributed by atoms with Crippen LogP contribution in [0.25, 0.3) is 27.6 Å². The average Bonchev–Trinajstić information content (AvgIpc) is 3.15. The maximum Gasteiger partial charge on any atom is 0.573 e. The van der Waals surface area contributed by atoms with Gasteiger partial charge in [0.2, 0.25) is 5.91 Å². The first-order valence-corrected chi connectivity index (χ1v) is 11.0. The van der Waals surface area contributed by atoms with Gasteiger partial charge in [-0.15, -0.1) is 13.2 Å². The Morgan fingerprint density at radius 3 is 2.61 bits per heavy atom. The van der Waals surface area contributed by atoms with Crippen molar-refractivity contribution in [1.29, 1.82) is 0 Å². The number of carbonyl (C=O) groups is 1. The highest BCUT2D eigenvalue weighted by Gasteiger charge is 2.31. The summed E-state index contributed by atoms with van der Waals surface area (Å²) in [5.74, 6) is -0.599. The van der Waals surface area contributed by atoms with E-state index in [1.807, 2.05) is 31.2 Å². The summed E-state index contributed by atoms with van der Waals surface area (Å²) < 4.78 is 42.7. The van der Waals surface area contributed by atoms with E-state index in [9.17, 15) is 22.8 Å². The zero-order valence-corrected chi connectivity index (χ0v) is 18.2. The quantitative estimate of drug-likeness (QED) is 0.305. The van der Waals surface area contributed by atoms with E-state index in [0.29, 0.717) is 17.7 Å². The van der Waals surface area contributed by atoms with Crippen molar-refractivity contribution in [2.75, 3.05) is 12.3 Å². The number of carbonyl (C=O) groups excluding carboxylic acids is 1. The fourth-order valence-corrected chi connectivity index (χ4v) is 4.14. The molecule has 0 unspecified atom stereocenters. The number of amides is 1. The molecule has 2 aromatic heterocycles. The molecule has 0 bridgehead atoms. The number of H-pyrrole nitrogens is 1. The lowest BCUT2D eigenvalue weighted by Crippen LogP contribution is -2.27. The molecule has 7 nitrogen and oxygen atoms in total. The topological polar surface area (TPSA) is 89.0 Å². The van der Waals surface area contributed by atoms with Gasteiger partial charge in [0.25, 0.3) is 5.56 Å². The zero-order valence-electron chi connectivity index (χ0n) is 17.4. The van der Waals surface area contributed by atoms with Crippen molar-refractivity contribution in [3.63, 3.8) is 0 Å². The van der Waals surface area contributed by atoms with Gasteiger partial charge in [-0.3, -0.25) is 14.2 Å². The molecule has 0 aliphatic carbocycles. The molecule has 4 aromatic rings. The number of nitrogens with one attached hydrogen (secondary N) is 2. The van der Waals surface area contributed by atoms with Gasteiger partial charge < -0.3 is 15.0 Å². The number of benzene rings is 2. The standard InChI is InChI=1S/C22H19F3N4O3S/c1-2-11-26-17(30)12-33-21-28-18-15-5-3-4-6-16(15)27-19(18)20(31)29(21)13-7-9-14(10-8-13)32-22(23,24)25/h3-10,27H,2,11-12H2,1H3,(H,26,30). The van der Waals surface area contributed by atoms with Crippen molar-refractivity contribution >= 4 is 39.6 Å². The number of alkyl halides is 3. The largest absolute Gasteiger partial charge is 0.573 e. The molecule has 0 saturated carbocycles. The summed E-state index contributed by atoms with van der Waals surface area (Å²) in [5, 5.41) is 3.76. The molecule has 0 atom stereocenters. The van der Waals surface area contributed by atoms with Crippen LogP contribution >= 0.6 is 11.8 Å². The van der Waals surface area contributed by atoms with Gasteiger partial charge in [0.1, 0.15) is 16.8 Å². The summed E-state index contributed by atoms with van der Waals surface area (Å²) in [6.07, 6.45) is -4.04. The molecule has 4 rings (SSSR count). The predicted molar refractivity (Wildman–Crippen MR) is 120 cm³/mol. The number of ether oxygens (including phenoxy) is 1. The molecule has 0 aliphatic rings. The maximum absolute atomic E-state index is 13.4. The van der Waals surface area contributed by atoms with Crippen LogP contribution in [0, 0.1) is 0 Å². The fraction of sp³-hybridized carbons (Fsp3) is 0.227. The minimum absolute atomic E-state index is 0.0234. The van der Waals surface area contributed by atoms with E-state index in [-0.39, 0.29) is 22.3 Å². The van der Waals surface area contributed by atoms with Gasteiger partial charge >= 0.3 is 6.36 Å². The number of aromatic nitrogens is 3. The molecular formula is C22H19F3N4O3S. The van der Waals surface area contributed by atoms with Crippen LogP contribution in [0.4, 0.5) is 13.2 Å². The molecule has 0 fully saturated rings. The number of hydrogen-bond donors (Lipinski definition) is 2. The summed E-state index contributed by atoms with van der Waals surface area (Å²) in [5.41, 5.74) is 1.29. The number of rotatable bonds is 7. The highest BCUT2D eigenvalue weighted by atomic mass is 32.2. The van der Waals surface area contributed by atoms with Crippen molar-refractivity contribution in [2.24, 2.45) is 0 Å². The van der Waals surface area contributed by atoms with E-state index in [0.717, 1.165) is 41.2 Å². The van der Waals surface area contributed by atoms with Crippen LogP contribution in [0.1, 0.15) is 13.3 Å². The molecule has 33 heavy (non-hydrogen) atoms. The number of hydrogen-bond acceptors (Lipinski definition) is 5. The lowest BCUT2D eigenvalue weighted by Gasteiger charge is -2.13. The van der Waals surface area contributed by atoms with Crippen molar-refractivity contribution in [3.8, 4) is 11.4 Å². The highest BCUT2D eigenvalue weighted by molar-refractivity contribution is 7.99. The first-order chi connectivity index (χ1) is 15.8. The molecule has 0 spiro atoms. The zero-order chi connectivity index (χ0) is 23.6. The summed E-state index contributed by atoms with van der Waals surface area (Å²) in [7, 11) is 0. The lowest BCUT2D eigenvalue weighted by molar-refractivity contribution is -0.274. The molecule has 2 aromatic carbocycles. The van der Waals surface area contributed by atoms with Crippen LogP contribution in [0.3, 0.4) is 0 Å². The maximum atomic E-state index is 13.4. The SMILES string of the molecule is CCCNC(=O)CSc1nc2c([nH]c3ccccc32)c(=O)n1-c1ccc(OC(F)(F)F)cc1. The van der Waals surface area contributed by atoms with E-state index < -0.39 is 17.7 Å². The number of fused-ring (bicyclic) bond motifs is 3. The summed E-state index contributed by atoms with van der Waals surface area (Å²) in [6, 6.07) is 12.2. The van der Waals surface area contributed by atoms with Gasteiger partial charge in [0, 0.05) is 17.4 Å². The first kappa shape index (κ1) is 22.7. The Kier molecular flexibility index (Phi) is 6.32. The molecular weight excluding hydrogens is 457 g/mol. The molecule has 11 heteroatoms.